The topological polar surface area (TPSA) is 89.2 Å². The van der Waals surface area contributed by atoms with Crippen molar-refractivity contribution in [3.8, 4) is 0 Å². The quantitative estimate of drug-likeness (QED) is 0.507. The van der Waals surface area contributed by atoms with Crippen LogP contribution in [-0.2, 0) is 11.2 Å². The zero-order valence-electron chi connectivity index (χ0n) is 14.5. The summed E-state index contributed by atoms with van der Waals surface area (Å²) < 4.78 is 1.59. The molecule has 3 aromatic rings. The lowest BCUT2D eigenvalue weighted by Gasteiger charge is -2.09. The minimum atomic E-state index is -0.308. The van der Waals surface area contributed by atoms with Gasteiger partial charge in [0.2, 0.25) is 11.1 Å². The van der Waals surface area contributed by atoms with Gasteiger partial charge in [-0.05, 0) is 25.0 Å². The van der Waals surface area contributed by atoms with Crippen LogP contribution in [0.5, 0.6) is 0 Å². The van der Waals surface area contributed by atoms with Crippen LogP contribution in [0.2, 0.25) is 0 Å². The van der Waals surface area contributed by atoms with Crippen molar-refractivity contribution in [3.63, 3.8) is 0 Å². The highest BCUT2D eigenvalue weighted by Gasteiger charge is 2.19. The van der Waals surface area contributed by atoms with E-state index >= 15 is 0 Å². The molecule has 0 fully saturated rings. The van der Waals surface area contributed by atoms with E-state index in [1.807, 2.05) is 31.2 Å². The fourth-order valence-corrected chi connectivity index (χ4v) is 3.26. The van der Waals surface area contributed by atoms with Crippen molar-refractivity contribution in [1.29, 1.82) is 0 Å². The number of benzene rings is 1. The Hall–Kier alpha value is -2.74. The number of hydrogen-bond donors (Lipinski definition) is 1. The van der Waals surface area contributed by atoms with Crippen LogP contribution < -0.4 is 5.32 Å². The molecule has 26 heavy (non-hydrogen) atoms. The average molecular weight is 369 g/mol. The highest BCUT2D eigenvalue weighted by Crippen LogP contribution is 2.23. The van der Waals surface area contributed by atoms with Crippen LogP contribution in [0.15, 0.2) is 47.9 Å². The Labute approximate surface area is 155 Å². The Morgan fingerprint density at radius 3 is 2.73 bits per heavy atom. The third-order valence-corrected chi connectivity index (χ3v) is 4.73. The summed E-state index contributed by atoms with van der Waals surface area (Å²) in [4.78, 5) is 31.9. The molecular weight excluding hydrogens is 350 g/mol. The Bertz CT molecular complexity index is 890. The summed E-state index contributed by atoms with van der Waals surface area (Å²) in [6, 6.07) is 9.25. The number of amides is 1. The average Bonchev–Trinajstić information content (AvgIpc) is 3.03. The molecule has 0 saturated heterocycles. The van der Waals surface area contributed by atoms with Crippen LogP contribution in [0.1, 0.15) is 29.8 Å². The third kappa shape index (κ3) is 4.45. The van der Waals surface area contributed by atoms with Gasteiger partial charge in [0.1, 0.15) is 0 Å². The summed E-state index contributed by atoms with van der Waals surface area (Å²) in [6.45, 7) is 3.92. The molecule has 0 spiro atoms. The predicted molar refractivity (Wildman–Crippen MR) is 99.3 cm³/mol. The van der Waals surface area contributed by atoms with E-state index in [1.54, 1.807) is 23.0 Å². The van der Waals surface area contributed by atoms with Gasteiger partial charge < -0.3 is 5.32 Å². The predicted octanol–water partition coefficient (Wildman–Crippen LogP) is 2.17. The molecule has 1 aromatic carbocycles. The van der Waals surface area contributed by atoms with Gasteiger partial charge >= 0.3 is 0 Å². The van der Waals surface area contributed by atoms with Crippen LogP contribution in [-0.4, -0.2) is 43.1 Å². The summed E-state index contributed by atoms with van der Waals surface area (Å²) in [5, 5.41) is 7.28. The Morgan fingerprint density at radius 2 is 2.04 bits per heavy atom. The molecule has 1 amide bonds. The second-order valence-corrected chi connectivity index (χ2v) is 7.12. The van der Waals surface area contributed by atoms with E-state index in [0.29, 0.717) is 23.0 Å². The van der Waals surface area contributed by atoms with Gasteiger partial charge in [0.05, 0.1) is 5.25 Å². The highest BCUT2D eigenvalue weighted by atomic mass is 32.2. The lowest BCUT2D eigenvalue weighted by Crippen LogP contribution is -2.22. The Morgan fingerprint density at radius 1 is 1.27 bits per heavy atom. The molecule has 1 atom stereocenters. The van der Waals surface area contributed by atoms with Gasteiger partial charge in [-0.25, -0.2) is 9.50 Å². The molecule has 1 N–H and O–H groups in total. The summed E-state index contributed by atoms with van der Waals surface area (Å²) in [5.74, 6) is 0.492. The lowest BCUT2D eigenvalue weighted by molar-refractivity contribution is -0.118. The molecule has 0 aliphatic carbocycles. The van der Waals surface area contributed by atoms with Crippen molar-refractivity contribution in [2.24, 2.45) is 0 Å². The molecular formula is C18H19N5O2S. The van der Waals surface area contributed by atoms with E-state index in [4.69, 9.17) is 0 Å². The van der Waals surface area contributed by atoms with Crippen LogP contribution in [0, 0.1) is 0 Å². The van der Waals surface area contributed by atoms with Crippen molar-refractivity contribution in [3.05, 3.63) is 53.9 Å². The van der Waals surface area contributed by atoms with Crippen molar-refractivity contribution in [2.75, 3.05) is 6.54 Å². The molecule has 0 aliphatic rings. The van der Waals surface area contributed by atoms with Gasteiger partial charge in [-0.15, -0.1) is 5.10 Å². The number of aromatic nitrogens is 4. The smallest absolute Gasteiger partial charge is 0.253 e. The number of carbonyl (C=O) groups excluding carboxylic acids is 2. The second-order valence-electron chi connectivity index (χ2n) is 5.81. The van der Waals surface area contributed by atoms with E-state index < -0.39 is 0 Å². The van der Waals surface area contributed by atoms with Crippen LogP contribution in [0.3, 0.4) is 0 Å². The number of carbonyl (C=O) groups is 2. The fourth-order valence-electron chi connectivity index (χ4n) is 2.43. The standard InChI is InChI=1S/C18H19N5O2S/c1-12(26-18-21-17-20-9-3-11-23(17)22-18)16(25)15-6-4-14(5-7-15)8-10-19-13(2)24/h3-7,9,11-12H,8,10H2,1-2H3,(H,19,24). The van der Waals surface area contributed by atoms with E-state index in [1.165, 1.54) is 18.7 Å². The summed E-state index contributed by atoms with van der Waals surface area (Å²) in [7, 11) is 0. The Balaban J connectivity index is 1.61. The minimum absolute atomic E-state index is 0.0234. The zero-order valence-corrected chi connectivity index (χ0v) is 15.4. The molecule has 0 saturated carbocycles. The van der Waals surface area contributed by atoms with Crippen molar-refractivity contribution in [2.45, 2.75) is 30.7 Å². The summed E-state index contributed by atoms with van der Waals surface area (Å²) >= 11 is 1.31. The van der Waals surface area contributed by atoms with E-state index in [9.17, 15) is 9.59 Å². The monoisotopic (exact) mass is 369 g/mol. The molecule has 0 aliphatic heterocycles. The largest absolute Gasteiger partial charge is 0.356 e. The maximum Gasteiger partial charge on any atom is 0.253 e. The number of nitrogens with one attached hydrogen (secondary N) is 1. The SMILES string of the molecule is CC(=O)NCCc1ccc(C(=O)C(C)Sc2nc3ncccn3n2)cc1. The lowest BCUT2D eigenvalue weighted by atomic mass is 10.0. The van der Waals surface area contributed by atoms with Crippen LogP contribution >= 0.6 is 11.8 Å². The molecule has 134 valence electrons. The van der Waals surface area contributed by atoms with Gasteiger partial charge in [0.25, 0.3) is 5.78 Å². The maximum absolute atomic E-state index is 12.6. The van der Waals surface area contributed by atoms with Crippen molar-refractivity contribution < 1.29 is 9.59 Å². The van der Waals surface area contributed by atoms with Crippen molar-refractivity contribution >= 4 is 29.2 Å². The molecule has 8 heteroatoms. The molecule has 1 unspecified atom stereocenters. The van der Waals surface area contributed by atoms with Crippen LogP contribution in [0.4, 0.5) is 0 Å². The fraction of sp³-hybridized carbons (Fsp3) is 0.278. The first-order valence-corrected chi connectivity index (χ1v) is 9.12. The van der Waals surface area contributed by atoms with Gasteiger partial charge in [0.15, 0.2) is 5.78 Å². The van der Waals surface area contributed by atoms with E-state index in [-0.39, 0.29) is 16.9 Å². The second kappa shape index (κ2) is 8.09. The number of thioether (sulfide) groups is 1. The van der Waals surface area contributed by atoms with Crippen LogP contribution in [0.25, 0.3) is 5.78 Å². The van der Waals surface area contributed by atoms with Crippen molar-refractivity contribution in [1.82, 2.24) is 24.9 Å². The van der Waals surface area contributed by atoms with Gasteiger partial charge in [-0.3, -0.25) is 9.59 Å². The number of rotatable bonds is 7. The number of fused-ring (bicyclic) bond motifs is 1. The van der Waals surface area contributed by atoms with Gasteiger partial charge in [-0.1, -0.05) is 36.0 Å². The number of nitrogens with zero attached hydrogens (tertiary/aromatic N) is 4. The van der Waals surface area contributed by atoms with Gasteiger partial charge in [-0.2, -0.15) is 4.98 Å². The van der Waals surface area contributed by atoms with E-state index in [2.05, 4.69) is 20.4 Å². The molecule has 0 radical (unpaired) electrons. The zero-order chi connectivity index (χ0) is 18.5. The number of hydrogen-bond acceptors (Lipinski definition) is 6. The molecule has 2 heterocycles. The molecule has 7 nitrogen and oxygen atoms in total. The van der Waals surface area contributed by atoms with Gasteiger partial charge in [0, 0.05) is 31.4 Å². The summed E-state index contributed by atoms with van der Waals surface area (Å²) in [5.41, 5.74) is 1.72. The molecule has 2 aromatic heterocycles. The first kappa shape index (κ1) is 18.1. The third-order valence-electron chi connectivity index (χ3n) is 3.77. The first-order chi connectivity index (χ1) is 12.5. The highest BCUT2D eigenvalue weighted by molar-refractivity contribution is 8.00. The number of Topliss-reactive ketones (excluding diaryl/α,β-unsaturated/α-hetero) is 1. The minimum Gasteiger partial charge on any atom is -0.356 e. The Kier molecular flexibility index (Phi) is 5.62. The first-order valence-electron chi connectivity index (χ1n) is 8.24. The summed E-state index contributed by atoms with van der Waals surface area (Å²) in [6.07, 6.45) is 4.16. The molecule has 3 rings (SSSR count). The maximum atomic E-state index is 12.6. The van der Waals surface area contributed by atoms with E-state index in [0.717, 1.165) is 12.0 Å². The number of ketones is 1. The molecule has 0 bridgehead atoms. The normalized spacial score (nSPS) is 12.1.